The van der Waals surface area contributed by atoms with Crippen molar-refractivity contribution in [2.45, 2.75) is 19.3 Å². The summed E-state index contributed by atoms with van der Waals surface area (Å²) in [6, 6.07) is 0. The molecule has 3 heteroatoms. The molecule has 2 aliphatic rings. The molecule has 1 aliphatic carbocycles. The molecule has 2 rings (SSSR count). The number of carbonyl (C=O) groups excluding carboxylic acids is 1. The van der Waals surface area contributed by atoms with E-state index in [2.05, 4.69) is 5.32 Å². The number of nitrogens with one attached hydrogen (secondary N) is 1. The summed E-state index contributed by atoms with van der Waals surface area (Å²) in [6.07, 6.45) is 3.22. The lowest BCUT2D eigenvalue weighted by Gasteiger charge is -2.24. The number of carbonyl (C=O) groups is 1. The van der Waals surface area contributed by atoms with Crippen molar-refractivity contribution in [3.05, 3.63) is 0 Å². The van der Waals surface area contributed by atoms with Crippen LogP contribution in [0.25, 0.3) is 0 Å². The minimum atomic E-state index is 0. The van der Waals surface area contributed by atoms with Crippen molar-refractivity contribution in [1.82, 2.24) is 5.32 Å². The summed E-state index contributed by atoms with van der Waals surface area (Å²) in [7, 11) is 0. The topological polar surface area (TPSA) is 29.1 Å². The fourth-order valence-electron chi connectivity index (χ4n) is 2.15. The van der Waals surface area contributed by atoms with E-state index in [-0.39, 0.29) is 12.4 Å². The first-order valence-corrected chi connectivity index (χ1v) is 4.11. The average Bonchev–Trinajstić information content (AvgIpc) is 2.34. The predicted molar refractivity (Wildman–Crippen MR) is 46.0 cm³/mol. The zero-order chi connectivity index (χ0) is 6.97. The largest absolute Gasteiger partial charge is 0.316 e. The van der Waals surface area contributed by atoms with Gasteiger partial charge in [0.25, 0.3) is 0 Å². The molecule has 2 fully saturated rings. The highest BCUT2D eigenvalue weighted by molar-refractivity contribution is 5.85. The second-order valence-electron chi connectivity index (χ2n) is 3.36. The van der Waals surface area contributed by atoms with E-state index in [1.807, 2.05) is 0 Å². The number of halogens is 1. The van der Waals surface area contributed by atoms with Gasteiger partial charge in [-0.2, -0.15) is 0 Å². The average molecular weight is 176 g/mol. The van der Waals surface area contributed by atoms with Gasteiger partial charge in [0.1, 0.15) is 5.78 Å². The normalized spacial score (nSPS) is 36.2. The van der Waals surface area contributed by atoms with Crippen LogP contribution in [0.15, 0.2) is 0 Å². The third-order valence-electron chi connectivity index (χ3n) is 2.80. The van der Waals surface area contributed by atoms with Crippen molar-refractivity contribution >= 4 is 18.2 Å². The van der Waals surface area contributed by atoms with Crippen LogP contribution >= 0.6 is 12.4 Å². The number of Topliss-reactive ketones (excluding diaryl/α,β-unsaturated/α-hetero) is 1. The van der Waals surface area contributed by atoms with E-state index in [0.717, 1.165) is 31.8 Å². The fraction of sp³-hybridized carbons (Fsp3) is 0.875. The highest BCUT2D eigenvalue weighted by Crippen LogP contribution is 2.32. The standard InChI is InChI=1S/C8H13NO.ClH/c10-8-2-1-6-3-4-9-5-7(6)8;/h6-7,9H,1-5H2;1H. The van der Waals surface area contributed by atoms with Crippen LogP contribution in [0.5, 0.6) is 0 Å². The molecule has 0 aromatic carbocycles. The molecule has 1 heterocycles. The zero-order valence-electron chi connectivity index (χ0n) is 6.51. The van der Waals surface area contributed by atoms with Crippen molar-refractivity contribution in [3.63, 3.8) is 0 Å². The summed E-state index contributed by atoms with van der Waals surface area (Å²) >= 11 is 0. The van der Waals surface area contributed by atoms with Gasteiger partial charge in [-0.15, -0.1) is 12.4 Å². The smallest absolute Gasteiger partial charge is 0.137 e. The van der Waals surface area contributed by atoms with Gasteiger partial charge in [0.05, 0.1) is 0 Å². The maximum atomic E-state index is 11.2. The summed E-state index contributed by atoms with van der Waals surface area (Å²) in [4.78, 5) is 11.2. The highest BCUT2D eigenvalue weighted by Gasteiger charge is 2.35. The maximum absolute atomic E-state index is 11.2. The van der Waals surface area contributed by atoms with E-state index >= 15 is 0 Å². The van der Waals surface area contributed by atoms with Crippen LogP contribution in [-0.2, 0) is 4.79 Å². The predicted octanol–water partition coefficient (Wildman–Crippen LogP) is 0.997. The Kier molecular flexibility index (Phi) is 2.90. The van der Waals surface area contributed by atoms with E-state index in [0.29, 0.717) is 11.7 Å². The van der Waals surface area contributed by atoms with E-state index in [4.69, 9.17) is 0 Å². The minimum absolute atomic E-state index is 0. The Morgan fingerprint density at radius 1 is 1.36 bits per heavy atom. The van der Waals surface area contributed by atoms with Crippen molar-refractivity contribution in [2.24, 2.45) is 11.8 Å². The molecule has 2 unspecified atom stereocenters. The van der Waals surface area contributed by atoms with E-state index in [1.54, 1.807) is 0 Å². The number of rotatable bonds is 0. The highest BCUT2D eigenvalue weighted by atomic mass is 35.5. The second-order valence-corrected chi connectivity index (χ2v) is 3.36. The third-order valence-corrected chi connectivity index (χ3v) is 2.80. The molecule has 0 bridgehead atoms. The molecule has 1 aliphatic heterocycles. The molecule has 0 aromatic heterocycles. The minimum Gasteiger partial charge on any atom is -0.316 e. The Bertz CT molecular complexity index is 160. The molecule has 64 valence electrons. The summed E-state index contributed by atoms with van der Waals surface area (Å²) in [5.41, 5.74) is 0. The molecule has 1 N–H and O–H groups in total. The molecular weight excluding hydrogens is 162 g/mol. The molecular formula is C8H14ClNO. The summed E-state index contributed by atoms with van der Waals surface area (Å²) < 4.78 is 0. The Hall–Kier alpha value is -0.0800. The monoisotopic (exact) mass is 175 g/mol. The van der Waals surface area contributed by atoms with Crippen molar-refractivity contribution < 1.29 is 4.79 Å². The molecule has 0 aromatic rings. The molecule has 2 atom stereocenters. The lowest BCUT2D eigenvalue weighted by Crippen LogP contribution is -2.36. The SMILES string of the molecule is Cl.O=C1CCC2CCNCC12. The Morgan fingerprint density at radius 3 is 2.91 bits per heavy atom. The van der Waals surface area contributed by atoms with Crippen molar-refractivity contribution in [3.8, 4) is 0 Å². The molecule has 11 heavy (non-hydrogen) atoms. The Balaban J connectivity index is 0.000000605. The van der Waals surface area contributed by atoms with Crippen molar-refractivity contribution in [1.29, 1.82) is 0 Å². The van der Waals surface area contributed by atoms with Crippen LogP contribution in [0.1, 0.15) is 19.3 Å². The molecule has 0 spiro atoms. The number of piperidine rings is 1. The molecule has 0 radical (unpaired) electrons. The Morgan fingerprint density at radius 2 is 2.18 bits per heavy atom. The lowest BCUT2D eigenvalue weighted by molar-refractivity contribution is -0.121. The number of fused-ring (bicyclic) bond motifs is 1. The van der Waals surface area contributed by atoms with Gasteiger partial charge in [-0.05, 0) is 25.3 Å². The van der Waals surface area contributed by atoms with E-state index < -0.39 is 0 Å². The molecule has 0 amide bonds. The van der Waals surface area contributed by atoms with Gasteiger partial charge in [0, 0.05) is 18.9 Å². The number of hydrogen-bond donors (Lipinski definition) is 1. The van der Waals surface area contributed by atoms with E-state index in [1.165, 1.54) is 6.42 Å². The van der Waals surface area contributed by atoms with Crippen LogP contribution < -0.4 is 5.32 Å². The van der Waals surface area contributed by atoms with Crippen LogP contribution in [0.4, 0.5) is 0 Å². The summed E-state index contributed by atoms with van der Waals surface area (Å²) in [5, 5.41) is 3.27. The van der Waals surface area contributed by atoms with Gasteiger partial charge in [0.15, 0.2) is 0 Å². The zero-order valence-corrected chi connectivity index (χ0v) is 7.32. The maximum Gasteiger partial charge on any atom is 0.137 e. The van der Waals surface area contributed by atoms with E-state index in [9.17, 15) is 4.79 Å². The fourth-order valence-corrected chi connectivity index (χ4v) is 2.15. The molecule has 1 saturated heterocycles. The van der Waals surface area contributed by atoms with Gasteiger partial charge in [-0.25, -0.2) is 0 Å². The van der Waals surface area contributed by atoms with Gasteiger partial charge in [0.2, 0.25) is 0 Å². The molecule has 1 saturated carbocycles. The van der Waals surface area contributed by atoms with Crippen LogP contribution in [0, 0.1) is 11.8 Å². The number of hydrogen-bond acceptors (Lipinski definition) is 2. The summed E-state index contributed by atoms with van der Waals surface area (Å²) in [6.45, 7) is 2.07. The van der Waals surface area contributed by atoms with Crippen molar-refractivity contribution in [2.75, 3.05) is 13.1 Å². The second kappa shape index (κ2) is 3.55. The van der Waals surface area contributed by atoms with Gasteiger partial charge in [-0.1, -0.05) is 0 Å². The summed E-state index contributed by atoms with van der Waals surface area (Å²) in [5.74, 6) is 1.61. The molecule has 2 nitrogen and oxygen atoms in total. The van der Waals surface area contributed by atoms with Crippen LogP contribution in [-0.4, -0.2) is 18.9 Å². The number of ketones is 1. The van der Waals surface area contributed by atoms with Gasteiger partial charge < -0.3 is 5.32 Å². The van der Waals surface area contributed by atoms with Crippen LogP contribution in [0.3, 0.4) is 0 Å². The first kappa shape index (κ1) is 9.01. The van der Waals surface area contributed by atoms with Gasteiger partial charge in [-0.3, -0.25) is 4.79 Å². The van der Waals surface area contributed by atoms with Gasteiger partial charge >= 0.3 is 0 Å². The first-order chi connectivity index (χ1) is 4.88. The first-order valence-electron chi connectivity index (χ1n) is 4.11. The lowest BCUT2D eigenvalue weighted by atomic mass is 9.89. The Labute approximate surface area is 73.1 Å². The quantitative estimate of drug-likeness (QED) is 0.595. The third kappa shape index (κ3) is 1.57. The van der Waals surface area contributed by atoms with Crippen LogP contribution in [0.2, 0.25) is 0 Å².